The smallest absolute Gasteiger partial charge is 0.437 e. The minimum atomic E-state index is -1.61. The summed E-state index contributed by atoms with van der Waals surface area (Å²) in [5.74, 6) is 0. The molecule has 0 bridgehead atoms. The van der Waals surface area contributed by atoms with Gasteiger partial charge >= 0.3 is 21.6 Å². The Hall–Kier alpha value is -0.245. The first-order chi connectivity index (χ1) is 14.0. The Morgan fingerprint density at radius 2 is 1.03 bits per heavy atom. The molecule has 0 amide bonds. The predicted octanol–water partition coefficient (Wildman–Crippen LogP) is -2.58. The third-order valence-electron chi connectivity index (χ3n) is 4.47. The van der Waals surface area contributed by atoms with Crippen LogP contribution in [0.1, 0.15) is 34.1 Å². The Bertz CT molecular complexity index is 372. The van der Waals surface area contributed by atoms with Crippen molar-refractivity contribution < 1.29 is 39.3 Å². The molecular weight excluding hydrogens is 395 g/mol. The Morgan fingerprint density at radius 1 is 0.700 bits per heavy atom. The molecule has 0 saturated heterocycles. The zero-order valence-electron chi connectivity index (χ0n) is 18.9. The average molecular weight is 435 g/mol. The molecule has 3 atom stereocenters. The van der Waals surface area contributed by atoms with Crippen LogP contribution in [0.25, 0.3) is 0 Å². The van der Waals surface area contributed by atoms with Crippen LogP contribution in [0, 0.1) is 5.41 Å². The van der Waals surface area contributed by atoms with Crippen molar-refractivity contribution in [3.8, 4) is 0 Å². The first-order valence-corrected chi connectivity index (χ1v) is 10.4. The molecule has 0 aromatic carbocycles. The molecule has 0 aromatic rings. The van der Waals surface area contributed by atoms with E-state index >= 15 is 0 Å². The van der Waals surface area contributed by atoms with Gasteiger partial charge in [-0.05, 0) is 34.0 Å². The van der Waals surface area contributed by atoms with Crippen molar-refractivity contribution in [2.45, 2.75) is 59.1 Å². The van der Waals surface area contributed by atoms with Crippen molar-refractivity contribution in [3.63, 3.8) is 0 Å². The SMILES string of the molecule is CCC(COCC(C)NB(C)O)(COCC(C)NB(O)O)COCC(C)NB(O)O. The third kappa shape index (κ3) is 15.5. The molecule has 0 aliphatic heterocycles. The van der Waals surface area contributed by atoms with Gasteiger partial charge in [0.1, 0.15) is 0 Å². The van der Waals surface area contributed by atoms with Gasteiger partial charge in [-0.3, -0.25) is 10.5 Å². The van der Waals surface area contributed by atoms with E-state index in [1.54, 1.807) is 20.7 Å². The maximum atomic E-state index is 9.40. The van der Waals surface area contributed by atoms with Gasteiger partial charge in [-0.2, -0.15) is 0 Å². The highest BCUT2D eigenvalue weighted by molar-refractivity contribution is 6.45. The minimum absolute atomic E-state index is 0.0353. The summed E-state index contributed by atoms with van der Waals surface area (Å²) in [6.45, 7) is 11.1. The zero-order chi connectivity index (χ0) is 23.2. The molecule has 0 heterocycles. The number of ether oxygens (including phenoxy) is 3. The lowest BCUT2D eigenvalue weighted by Crippen LogP contribution is -2.46. The van der Waals surface area contributed by atoms with Crippen LogP contribution < -0.4 is 15.7 Å². The molecular formula is C16H40B3N3O8. The molecule has 0 aliphatic carbocycles. The van der Waals surface area contributed by atoms with E-state index < -0.39 is 27.0 Å². The molecule has 8 N–H and O–H groups in total. The molecule has 30 heavy (non-hydrogen) atoms. The van der Waals surface area contributed by atoms with Crippen molar-refractivity contribution in [1.82, 2.24) is 15.7 Å². The summed E-state index contributed by atoms with van der Waals surface area (Å²) in [4.78, 5) is 0. The molecule has 0 saturated carbocycles. The fourth-order valence-corrected chi connectivity index (χ4v) is 2.85. The second-order valence-corrected chi connectivity index (χ2v) is 8.03. The molecule has 0 aromatic heterocycles. The van der Waals surface area contributed by atoms with E-state index in [4.69, 9.17) is 34.3 Å². The number of rotatable bonds is 19. The van der Waals surface area contributed by atoms with Crippen molar-refractivity contribution in [2.24, 2.45) is 5.41 Å². The predicted molar refractivity (Wildman–Crippen MR) is 117 cm³/mol. The maximum Gasteiger partial charge on any atom is 0.549 e. The van der Waals surface area contributed by atoms with Crippen molar-refractivity contribution in [2.75, 3.05) is 39.6 Å². The summed E-state index contributed by atoms with van der Waals surface area (Å²) in [6.07, 6.45) is 0.708. The highest BCUT2D eigenvalue weighted by atomic mass is 16.5. The van der Waals surface area contributed by atoms with Gasteiger partial charge in [0.25, 0.3) is 0 Å². The molecule has 0 rings (SSSR count). The largest absolute Gasteiger partial charge is 0.549 e. The van der Waals surface area contributed by atoms with Gasteiger partial charge in [-0.15, -0.1) is 0 Å². The van der Waals surface area contributed by atoms with Crippen molar-refractivity contribution in [1.29, 1.82) is 0 Å². The molecule has 176 valence electrons. The highest BCUT2D eigenvalue weighted by Gasteiger charge is 2.31. The normalized spacial score (nSPS) is 16.6. The summed E-state index contributed by atoms with van der Waals surface area (Å²) in [6, 6.07) is -0.550. The van der Waals surface area contributed by atoms with E-state index in [0.29, 0.717) is 32.8 Å². The van der Waals surface area contributed by atoms with Crippen LogP contribution in [0.3, 0.4) is 0 Å². The fourth-order valence-electron chi connectivity index (χ4n) is 2.85. The first kappa shape index (κ1) is 29.8. The van der Waals surface area contributed by atoms with Crippen LogP contribution in [-0.4, -0.2) is 104 Å². The topological polar surface area (TPSA) is 165 Å². The van der Waals surface area contributed by atoms with Crippen molar-refractivity contribution >= 4 is 21.6 Å². The lowest BCUT2D eigenvalue weighted by atomic mass is 9.87. The molecule has 0 fully saturated rings. The molecule has 0 aliphatic rings. The summed E-state index contributed by atoms with van der Waals surface area (Å²) in [5.41, 5.74) is -0.445. The Labute approximate surface area is 181 Å². The standard InChI is InChI=1S/C16H40B3N3O8/c1-6-16(10-28-7-13(2)20-17(5)23,11-29-8-14(3)21-18(24)25)12-30-9-15(4)22-19(26)27/h13-15,20-27H,6-12H2,1-5H3. The second kappa shape index (κ2) is 16.4. The van der Waals surface area contributed by atoms with Gasteiger partial charge in [-0.1, -0.05) is 6.92 Å². The van der Waals surface area contributed by atoms with Crippen LogP contribution >= 0.6 is 0 Å². The summed E-state index contributed by atoms with van der Waals surface area (Å²) >= 11 is 0. The van der Waals surface area contributed by atoms with Gasteiger partial charge in [0, 0.05) is 23.5 Å². The van der Waals surface area contributed by atoms with Gasteiger partial charge in [0.15, 0.2) is 0 Å². The molecule has 3 unspecified atom stereocenters. The second-order valence-electron chi connectivity index (χ2n) is 8.03. The lowest BCUT2D eigenvalue weighted by Gasteiger charge is -2.33. The summed E-state index contributed by atoms with van der Waals surface area (Å²) in [7, 11) is -3.84. The van der Waals surface area contributed by atoms with E-state index in [2.05, 4.69) is 15.7 Å². The van der Waals surface area contributed by atoms with Gasteiger partial charge < -0.3 is 44.6 Å². The average Bonchev–Trinajstić information content (AvgIpc) is 2.59. The van der Waals surface area contributed by atoms with Gasteiger partial charge in [0.2, 0.25) is 0 Å². The minimum Gasteiger partial charge on any atom is -0.437 e. The zero-order valence-corrected chi connectivity index (χ0v) is 18.9. The van der Waals surface area contributed by atoms with Crippen LogP contribution in [0.15, 0.2) is 0 Å². The lowest BCUT2D eigenvalue weighted by molar-refractivity contribution is -0.0766. The van der Waals surface area contributed by atoms with Crippen LogP contribution in [0.2, 0.25) is 6.82 Å². The van der Waals surface area contributed by atoms with Crippen molar-refractivity contribution in [3.05, 3.63) is 0 Å². The fraction of sp³-hybridized carbons (Fsp3) is 1.00. The Balaban J connectivity index is 4.75. The molecule has 11 nitrogen and oxygen atoms in total. The van der Waals surface area contributed by atoms with Crippen LogP contribution in [0.4, 0.5) is 0 Å². The Morgan fingerprint density at radius 3 is 1.30 bits per heavy atom. The third-order valence-corrected chi connectivity index (χ3v) is 4.47. The molecule has 0 radical (unpaired) electrons. The van der Waals surface area contributed by atoms with Crippen LogP contribution in [0.5, 0.6) is 0 Å². The quantitative estimate of drug-likeness (QED) is 0.101. The van der Waals surface area contributed by atoms with Crippen LogP contribution in [-0.2, 0) is 14.2 Å². The van der Waals surface area contributed by atoms with E-state index in [1.165, 1.54) is 0 Å². The molecule has 0 spiro atoms. The summed E-state index contributed by atoms with van der Waals surface area (Å²) in [5, 5.41) is 53.3. The molecule has 14 heteroatoms. The highest BCUT2D eigenvalue weighted by Crippen LogP contribution is 2.24. The number of hydrogen-bond donors (Lipinski definition) is 8. The van der Waals surface area contributed by atoms with Gasteiger partial charge in [0.05, 0.1) is 39.6 Å². The van der Waals surface area contributed by atoms with E-state index in [-0.39, 0.29) is 31.3 Å². The monoisotopic (exact) mass is 435 g/mol. The first-order valence-electron chi connectivity index (χ1n) is 10.4. The van der Waals surface area contributed by atoms with E-state index in [1.807, 2.05) is 13.8 Å². The number of nitrogens with one attached hydrogen (secondary N) is 3. The number of hydrogen-bond acceptors (Lipinski definition) is 11. The van der Waals surface area contributed by atoms with E-state index in [0.717, 1.165) is 0 Å². The van der Waals surface area contributed by atoms with E-state index in [9.17, 15) is 5.02 Å². The van der Waals surface area contributed by atoms with Gasteiger partial charge in [-0.25, -0.2) is 0 Å². The maximum absolute atomic E-state index is 9.40. The Kier molecular flexibility index (Phi) is 16.3. The summed E-state index contributed by atoms with van der Waals surface area (Å²) < 4.78 is 17.5.